The van der Waals surface area contributed by atoms with Crippen LogP contribution in [0.5, 0.6) is 5.75 Å². The third-order valence-electron chi connectivity index (χ3n) is 6.55. The van der Waals surface area contributed by atoms with Crippen LogP contribution < -0.4 is 10.4 Å². The molecule has 0 aliphatic carbocycles. The highest BCUT2D eigenvalue weighted by molar-refractivity contribution is 5.64. The molecule has 0 saturated carbocycles. The van der Waals surface area contributed by atoms with E-state index in [0.29, 0.717) is 23.0 Å². The van der Waals surface area contributed by atoms with Gasteiger partial charge in [0, 0.05) is 5.56 Å². The SMILES string of the molecule is CCCC(C)C/C(C)=C/C/C=C(C)/C=C(C)/C=C(\C)CC(C)/C=C(\C)c1oc(=O)c(C)c(OC)c1C. The molecule has 0 radical (unpaired) electrons. The van der Waals surface area contributed by atoms with Crippen LogP contribution in [0, 0.1) is 25.7 Å². The molecule has 36 heavy (non-hydrogen) atoms. The Morgan fingerprint density at radius 2 is 1.58 bits per heavy atom. The average Bonchev–Trinajstić information content (AvgIpc) is 2.76. The Hall–Kier alpha value is -2.55. The fourth-order valence-corrected chi connectivity index (χ4v) is 5.06. The largest absolute Gasteiger partial charge is 0.496 e. The van der Waals surface area contributed by atoms with Crippen molar-refractivity contribution in [3.8, 4) is 5.75 Å². The lowest BCUT2D eigenvalue weighted by molar-refractivity contribution is 0.390. The summed E-state index contributed by atoms with van der Waals surface area (Å²) < 4.78 is 11.0. The Morgan fingerprint density at radius 1 is 0.917 bits per heavy atom. The van der Waals surface area contributed by atoms with Gasteiger partial charge in [0.1, 0.15) is 11.5 Å². The lowest BCUT2D eigenvalue weighted by atomic mass is 9.96. The maximum Gasteiger partial charge on any atom is 0.342 e. The summed E-state index contributed by atoms with van der Waals surface area (Å²) in [4.78, 5) is 12.2. The van der Waals surface area contributed by atoms with Gasteiger partial charge in [-0.25, -0.2) is 4.79 Å². The zero-order valence-corrected chi connectivity index (χ0v) is 24.8. The van der Waals surface area contributed by atoms with E-state index in [2.05, 4.69) is 78.8 Å². The number of hydrogen-bond acceptors (Lipinski definition) is 3. The summed E-state index contributed by atoms with van der Waals surface area (Å²) in [6, 6.07) is 0. The molecule has 200 valence electrons. The first-order valence-electron chi connectivity index (χ1n) is 13.4. The van der Waals surface area contributed by atoms with Crippen LogP contribution >= 0.6 is 0 Å². The van der Waals surface area contributed by atoms with Crippen LogP contribution in [-0.2, 0) is 0 Å². The Morgan fingerprint density at radius 3 is 2.19 bits per heavy atom. The molecule has 0 aliphatic heterocycles. The van der Waals surface area contributed by atoms with Gasteiger partial charge in [-0.05, 0) is 85.1 Å². The van der Waals surface area contributed by atoms with Gasteiger partial charge in [-0.1, -0.05) is 86.3 Å². The van der Waals surface area contributed by atoms with Crippen molar-refractivity contribution in [2.45, 2.75) is 101 Å². The molecule has 1 aromatic heterocycles. The molecule has 1 aromatic rings. The number of hydrogen-bond donors (Lipinski definition) is 0. The van der Waals surface area contributed by atoms with Crippen molar-refractivity contribution >= 4 is 5.57 Å². The highest BCUT2D eigenvalue weighted by Crippen LogP contribution is 2.29. The van der Waals surface area contributed by atoms with Crippen LogP contribution in [0.3, 0.4) is 0 Å². The monoisotopic (exact) mass is 494 g/mol. The zero-order chi connectivity index (χ0) is 27.4. The van der Waals surface area contributed by atoms with E-state index < -0.39 is 0 Å². The lowest BCUT2D eigenvalue weighted by Crippen LogP contribution is -2.10. The van der Waals surface area contributed by atoms with E-state index in [4.69, 9.17) is 9.15 Å². The van der Waals surface area contributed by atoms with Crippen molar-refractivity contribution in [1.82, 2.24) is 0 Å². The molecular weight excluding hydrogens is 444 g/mol. The Kier molecular flexibility index (Phi) is 13.6. The maximum atomic E-state index is 12.2. The summed E-state index contributed by atoms with van der Waals surface area (Å²) in [7, 11) is 1.59. The predicted molar refractivity (Wildman–Crippen MR) is 157 cm³/mol. The molecular formula is C33H50O3. The van der Waals surface area contributed by atoms with E-state index in [9.17, 15) is 4.79 Å². The van der Waals surface area contributed by atoms with E-state index in [-0.39, 0.29) is 5.63 Å². The van der Waals surface area contributed by atoms with Gasteiger partial charge >= 0.3 is 5.63 Å². The minimum absolute atomic E-state index is 0.311. The van der Waals surface area contributed by atoms with Crippen molar-refractivity contribution in [3.63, 3.8) is 0 Å². The Bertz CT molecular complexity index is 1070. The van der Waals surface area contributed by atoms with Crippen LogP contribution in [0.15, 0.2) is 61.9 Å². The number of ether oxygens (including phenoxy) is 1. The summed E-state index contributed by atoms with van der Waals surface area (Å²) in [6.07, 6.45) is 17.1. The van der Waals surface area contributed by atoms with Gasteiger partial charge in [0.05, 0.1) is 12.7 Å². The fraction of sp³-hybridized carbons (Fsp3) is 0.545. The van der Waals surface area contributed by atoms with E-state index >= 15 is 0 Å². The number of rotatable bonds is 13. The van der Waals surface area contributed by atoms with Gasteiger partial charge in [0.2, 0.25) is 0 Å². The summed E-state index contributed by atoms with van der Waals surface area (Å²) in [5.41, 5.74) is 7.37. The molecule has 0 amide bonds. The second-order valence-electron chi connectivity index (χ2n) is 10.7. The second-order valence-corrected chi connectivity index (χ2v) is 10.7. The first-order valence-corrected chi connectivity index (χ1v) is 13.4. The van der Waals surface area contributed by atoms with E-state index in [1.807, 2.05) is 13.8 Å². The smallest absolute Gasteiger partial charge is 0.342 e. The van der Waals surface area contributed by atoms with Crippen molar-refractivity contribution in [3.05, 3.63) is 80.0 Å². The van der Waals surface area contributed by atoms with Gasteiger partial charge in [-0.2, -0.15) is 0 Å². The second kappa shape index (κ2) is 15.5. The Labute approximate surface area is 220 Å². The molecule has 0 aromatic carbocycles. The maximum absolute atomic E-state index is 12.2. The average molecular weight is 495 g/mol. The molecule has 0 aliphatic rings. The Balaban J connectivity index is 2.84. The van der Waals surface area contributed by atoms with Gasteiger partial charge in [-0.15, -0.1) is 0 Å². The van der Waals surface area contributed by atoms with Gasteiger partial charge < -0.3 is 9.15 Å². The molecule has 1 heterocycles. The first kappa shape index (κ1) is 31.5. The van der Waals surface area contributed by atoms with Crippen molar-refractivity contribution in [2.75, 3.05) is 7.11 Å². The molecule has 0 spiro atoms. The van der Waals surface area contributed by atoms with Gasteiger partial charge in [0.15, 0.2) is 0 Å². The summed E-state index contributed by atoms with van der Waals surface area (Å²) >= 11 is 0. The van der Waals surface area contributed by atoms with Crippen LogP contribution in [0.4, 0.5) is 0 Å². The number of allylic oxidation sites excluding steroid dienone is 10. The quantitative estimate of drug-likeness (QED) is 0.202. The first-order chi connectivity index (χ1) is 16.9. The fourth-order valence-electron chi connectivity index (χ4n) is 5.06. The highest BCUT2D eigenvalue weighted by Gasteiger charge is 2.16. The molecule has 1 rings (SSSR count). The zero-order valence-electron chi connectivity index (χ0n) is 24.8. The van der Waals surface area contributed by atoms with Gasteiger partial charge in [-0.3, -0.25) is 0 Å². The van der Waals surface area contributed by atoms with Crippen molar-refractivity contribution < 1.29 is 9.15 Å². The van der Waals surface area contributed by atoms with Crippen LogP contribution in [0.25, 0.3) is 5.57 Å². The third-order valence-corrected chi connectivity index (χ3v) is 6.55. The lowest BCUT2D eigenvalue weighted by Gasteiger charge is -2.13. The molecule has 2 unspecified atom stereocenters. The minimum atomic E-state index is -0.343. The molecule has 0 N–H and O–H groups in total. The van der Waals surface area contributed by atoms with Crippen molar-refractivity contribution in [1.29, 1.82) is 0 Å². The third kappa shape index (κ3) is 10.6. The van der Waals surface area contributed by atoms with E-state index in [1.54, 1.807) is 14.0 Å². The minimum Gasteiger partial charge on any atom is -0.496 e. The molecule has 2 atom stereocenters. The topological polar surface area (TPSA) is 39.4 Å². The van der Waals surface area contributed by atoms with Crippen LogP contribution in [0.1, 0.15) is 104 Å². The van der Waals surface area contributed by atoms with Gasteiger partial charge in [0.25, 0.3) is 0 Å². The van der Waals surface area contributed by atoms with Crippen molar-refractivity contribution in [2.24, 2.45) is 11.8 Å². The van der Waals surface area contributed by atoms with Crippen LogP contribution in [-0.4, -0.2) is 7.11 Å². The number of methoxy groups -OCH3 is 1. The molecule has 3 heteroatoms. The summed E-state index contributed by atoms with van der Waals surface area (Å²) in [6.45, 7) is 21.2. The summed E-state index contributed by atoms with van der Waals surface area (Å²) in [5.74, 6) is 2.30. The van der Waals surface area contributed by atoms with E-state index in [0.717, 1.165) is 29.9 Å². The summed E-state index contributed by atoms with van der Waals surface area (Å²) in [5, 5.41) is 0. The molecule has 0 saturated heterocycles. The normalized spacial score (nSPS) is 15.8. The molecule has 0 bridgehead atoms. The van der Waals surface area contributed by atoms with Crippen LogP contribution in [0.2, 0.25) is 0 Å². The predicted octanol–water partition coefficient (Wildman–Crippen LogP) is 9.70. The molecule has 3 nitrogen and oxygen atoms in total. The molecule has 0 fully saturated rings. The highest BCUT2D eigenvalue weighted by atomic mass is 16.5. The van der Waals surface area contributed by atoms with E-state index in [1.165, 1.54) is 41.6 Å². The standard InChI is InChI=1S/C33H50O3/c1-12-14-22(2)17-23(3)15-13-16-24(4)18-25(5)19-26(6)20-27(7)21-28(8)31-29(9)32(35-11)30(10)33(34)36-31/h15-16,18-19,21-22,27H,12-14,17,20H2,1-11H3/b23-15+,24-16+,25-18+,26-19+,28-21+.